The van der Waals surface area contributed by atoms with E-state index in [-0.39, 0.29) is 22.7 Å². The number of carbonyl (C=O) groups is 1. The molecule has 0 heterocycles. The number of halogens is 2. The van der Waals surface area contributed by atoms with Crippen LogP contribution in [0.25, 0.3) is 0 Å². The standard InChI is InChI=1S/C13H16BrFO3/c1-8(18-9(2)16)6-12(14)11-7-10(15)4-5-13(11)17-3/h4-5,7-8,12H,6H2,1-3H3/t8?,12-/m0/s1. The Kier molecular flexibility index (Phi) is 5.59. The van der Waals surface area contributed by atoms with E-state index < -0.39 is 0 Å². The summed E-state index contributed by atoms with van der Waals surface area (Å²) < 4.78 is 23.5. The highest BCUT2D eigenvalue weighted by Gasteiger charge is 2.18. The molecule has 0 amide bonds. The van der Waals surface area contributed by atoms with Gasteiger partial charge in [0.2, 0.25) is 0 Å². The Morgan fingerprint density at radius 1 is 1.50 bits per heavy atom. The van der Waals surface area contributed by atoms with Gasteiger partial charge in [-0.25, -0.2) is 4.39 Å². The van der Waals surface area contributed by atoms with Gasteiger partial charge in [-0.15, -0.1) is 0 Å². The highest BCUT2D eigenvalue weighted by molar-refractivity contribution is 9.09. The molecular formula is C13H16BrFO3. The van der Waals surface area contributed by atoms with Crippen LogP contribution >= 0.6 is 15.9 Å². The van der Waals surface area contributed by atoms with Gasteiger partial charge in [0.15, 0.2) is 0 Å². The van der Waals surface area contributed by atoms with Crippen molar-refractivity contribution in [1.82, 2.24) is 0 Å². The first-order chi connectivity index (χ1) is 8.43. The van der Waals surface area contributed by atoms with Crippen LogP contribution in [-0.2, 0) is 9.53 Å². The summed E-state index contributed by atoms with van der Waals surface area (Å²) in [5, 5.41) is 0. The fourth-order valence-corrected chi connectivity index (χ4v) is 2.58. The molecule has 0 radical (unpaired) electrons. The molecule has 0 bridgehead atoms. The SMILES string of the molecule is COc1ccc(F)cc1[C@@H](Br)CC(C)OC(C)=O. The Morgan fingerprint density at radius 3 is 2.72 bits per heavy atom. The van der Waals surface area contributed by atoms with Crippen molar-refractivity contribution in [3.63, 3.8) is 0 Å². The lowest BCUT2D eigenvalue weighted by molar-refractivity contribution is -0.145. The minimum Gasteiger partial charge on any atom is -0.496 e. The highest BCUT2D eigenvalue weighted by Crippen LogP contribution is 2.35. The molecule has 0 fully saturated rings. The maximum absolute atomic E-state index is 13.2. The largest absolute Gasteiger partial charge is 0.496 e. The molecule has 0 aliphatic rings. The zero-order valence-electron chi connectivity index (χ0n) is 10.6. The third-order valence-corrected chi connectivity index (χ3v) is 3.30. The van der Waals surface area contributed by atoms with Gasteiger partial charge in [-0.3, -0.25) is 4.79 Å². The van der Waals surface area contributed by atoms with E-state index in [1.807, 2.05) is 0 Å². The second-order valence-corrected chi connectivity index (χ2v) is 5.11. The maximum atomic E-state index is 13.2. The molecule has 1 aromatic carbocycles. The Labute approximate surface area is 114 Å². The molecule has 0 saturated heterocycles. The van der Waals surface area contributed by atoms with Crippen molar-refractivity contribution in [3.8, 4) is 5.75 Å². The normalized spacial score (nSPS) is 13.8. The van der Waals surface area contributed by atoms with Gasteiger partial charge in [-0.1, -0.05) is 15.9 Å². The van der Waals surface area contributed by atoms with E-state index in [0.29, 0.717) is 17.7 Å². The minimum absolute atomic E-state index is 0.141. The van der Waals surface area contributed by atoms with Crippen LogP contribution in [0.2, 0.25) is 0 Å². The van der Waals surface area contributed by atoms with E-state index in [1.165, 1.54) is 26.2 Å². The fraction of sp³-hybridized carbons (Fsp3) is 0.462. The molecule has 1 aromatic rings. The van der Waals surface area contributed by atoms with Crippen molar-refractivity contribution >= 4 is 21.9 Å². The number of alkyl halides is 1. The predicted octanol–water partition coefficient (Wildman–Crippen LogP) is 3.61. The highest BCUT2D eigenvalue weighted by atomic mass is 79.9. The summed E-state index contributed by atoms with van der Waals surface area (Å²) in [6.45, 7) is 3.16. The number of hydrogen-bond acceptors (Lipinski definition) is 3. The summed E-state index contributed by atoms with van der Waals surface area (Å²) in [5.41, 5.74) is 0.705. The van der Waals surface area contributed by atoms with E-state index in [1.54, 1.807) is 13.0 Å². The first-order valence-corrected chi connectivity index (χ1v) is 6.50. The van der Waals surface area contributed by atoms with Crippen molar-refractivity contribution in [1.29, 1.82) is 0 Å². The van der Waals surface area contributed by atoms with Gasteiger partial charge in [-0.05, 0) is 25.1 Å². The van der Waals surface area contributed by atoms with Crippen LogP contribution in [0.1, 0.15) is 30.7 Å². The van der Waals surface area contributed by atoms with Gasteiger partial charge < -0.3 is 9.47 Å². The first-order valence-electron chi connectivity index (χ1n) is 5.58. The molecule has 2 atom stereocenters. The molecule has 0 N–H and O–H groups in total. The van der Waals surface area contributed by atoms with Crippen LogP contribution in [0, 0.1) is 5.82 Å². The molecule has 1 unspecified atom stereocenters. The number of rotatable bonds is 5. The summed E-state index contributed by atoms with van der Waals surface area (Å²) >= 11 is 3.46. The Hall–Kier alpha value is -1.10. The topological polar surface area (TPSA) is 35.5 Å². The van der Waals surface area contributed by atoms with E-state index in [2.05, 4.69) is 15.9 Å². The second-order valence-electron chi connectivity index (χ2n) is 4.01. The number of esters is 1. The smallest absolute Gasteiger partial charge is 0.302 e. The lowest BCUT2D eigenvalue weighted by atomic mass is 10.1. The van der Waals surface area contributed by atoms with Gasteiger partial charge >= 0.3 is 5.97 Å². The van der Waals surface area contributed by atoms with Gasteiger partial charge in [0, 0.05) is 23.7 Å². The summed E-state index contributed by atoms with van der Waals surface area (Å²) in [6.07, 6.45) is 0.291. The van der Waals surface area contributed by atoms with Gasteiger partial charge in [-0.2, -0.15) is 0 Å². The van der Waals surface area contributed by atoms with E-state index in [4.69, 9.17) is 9.47 Å². The fourth-order valence-electron chi connectivity index (χ4n) is 1.70. The molecule has 0 spiro atoms. The molecule has 18 heavy (non-hydrogen) atoms. The molecule has 0 saturated carbocycles. The Morgan fingerprint density at radius 2 is 2.17 bits per heavy atom. The zero-order valence-corrected chi connectivity index (χ0v) is 12.2. The Balaban J connectivity index is 2.79. The summed E-state index contributed by atoms with van der Waals surface area (Å²) in [6, 6.07) is 4.34. The van der Waals surface area contributed by atoms with E-state index >= 15 is 0 Å². The molecular weight excluding hydrogens is 303 g/mol. The molecule has 5 heteroatoms. The van der Waals surface area contributed by atoms with Crippen molar-refractivity contribution in [3.05, 3.63) is 29.6 Å². The van der Waals surface area contributed by atoms with Crippen molar-refractivity contribution < 1.29 is 18.7 Å². The number of benzene rings is 1. The molecule has 100 valence electrons. The lowest BCUT2D eigenvalue weighted by Crippen LogP contribution is -2.14. The van der Waals surface area contributed by atoms with Crippen LogP contribution in [-0.4, -0.2) is 19.2 Å². The monoisotopic (exact) mass is 318 g/mol. The zero-order chi connectivity index (χ0) is 13.7. The van der Waals surface area contributed by atoms with Crippen LogP contribution in [0.5, 0.6) is 5.75 Å². The number of carbonyl (C=O) groups excluding carboxylic acids is 1. The molecule has 3 nitrogen and oxygen atoms in total. The van der Waals surface area contributed by atoms with Gasteiger partial charge in [0.05, 0.1) is 7.11 Å². The average Bonchev–Trinajstić information content (AvgIpc) is 2.27. The van der Waals surface area contributed by atoms with Crippen LogP contribution in [0.3, 0.4) is 0 Å². The second kappa shape index (κ2) is 6.73. The number of methoxy groups -OCH3 is 1. The first kappa shape index (κ1) is 15.0. The quantitative estimate of drug-likeness (QED) is 0.614. The third kappa shape index (κ3) is 4.29. The van der Waals surface area contributed by atoms with Crippen molar-refractivity contribution in [2.24, 2.45) is 0 Å². The third-order valence-electron chi connectivity index (χ3n) is 2.44. The minimum atomic E-state index is -0.326. The van der Waals surface area contributed by atoms with Crippen LogP contribution in [0.4, 0.5) is 4.39 Å². The van der Waals surface area contributed by atoms with Gasteiger partial charge in [0.25, 0.3) is 0 Å². The number of ether oxygens (including phenoxy) is 2. The van der Waals surface area contributed by atoms with E-state index in [9.17, 15) is 9.18 Å². The van der Waals surface area contributed by atoms with E-state index in [0.717, 1.165) is 0 Å². The maximum Gasteiger partial charge on any atom is 0.302 e. The predicted molar refractivity (Wildman–Crippen MR) is 70.5 cm³/mol. The molecule has 0 aliphatic carbocycles. The summed E-state index contributed by atoms with van der Waals surface area (Å²) in [7, 11) is 1.53. The summed E-state index contributed by atoms with van der Waals surface area (Å²) in [4.78, 5) is 10.7. The lowest BCUT2D eigenvalue weighted by Gasteiger charge is -2.18. The molecule has 1 rings (SSSR count). The Bertz CT molecular complexity index is 423. The summed E-state index contributed by atoms with van der Waals surface area (Å²) in [5.74, 6) is -0.0444. The van der Waals surface area contributed by atoms with Crippen molar-refractivity contribution in [2.75, 3.05) is 7.11 Å². The van der Waals surface area contributed by atoms with Crippen LogP contribution in [0.15, 0.2) is 18.2 Å². The van der Waals surface area contributed by atoms with Gasteiger partial charge in [0.1, 0.15) is 17.7 Å². The average molecular weight is 319 g/mol. The van der Waals surface area contributed by atoms with Crippen molar-refractivity contribution in [2.45, 2.75) is 31.2 Å². The molecule has 0 aliphatic heterocycles. The number of hydrogen-bond donors (Lipinski definition) is 0. The van der Waals surface area contributed by atoms with Crippen LogP contribution < -0.4 is 4.74 Å². The molecule has 0 aromatic heterocycles.